The Morgan fingerprint density at radius 1 is 0.273 bits per heavy atom. The summed E-state index contributed by atoms with van der Waals surface area (Å²) in [6, 6.07) is 0. The molecule has 0 atom stereocenters. The first kappa shape index (κ1) is 121. The fourth-order valence-corrected chi connectivity index (χ4v) is 0. The average Bonchev–Trinajstić information content (AvgIpc) is 2.54. The fourth-order valence-electron chi connectivity index (χ4n) is 0. The van der Waals surface area contributed by atoms with Crippen molar-refractivity contribution in [3.63, 3.8) is 0 Å². The summed E-state index contributed by atoms with van der Waals surface area (Å²) in [5.41, 5.74) is 0. The molecule has 0 aromatic rings. The SMILES string of the molecule is O.O.[C-]#N.[C-]#N.[C-]#N.[C-]#N.[C-]#N.[C-]#N.[C-]#N.[C-]#N.[Cs+].[Cs+].[Cs+].[Mo]. The summed E-state index contributed by atoms with van der Waals surface area (Å²) in [5.74, 6) is 0. The first-order valence-corrected chi connectivity index (χ1v) is 1.79. The van der Waals surface area contributed by atoms with E-state index in [0.29, 0.717) is 0 Å². The van der Waals surface area contributed by atoms with E-state index in [9.17, 15) is 0 Å². The van der Waals surface area contributed by atoms with Gasteiger partial charge in [0.05, 0.1) is 0 Å². The number of nitrogens with zero attached hydrogens (tertiary/aromatic N) is 8. The fraction of sp³-hybridized carbons (Fsp3) is 0. The van der Waals surface area contributed by atoms with Gasteiger partial charge in [0.2, 0.25) is 0 Å². The number of hydrogen-bond donors (Lipinski definition) is 0. The molecular weight excluding hydrogens is 735 g/mol. The van der Waals surface area contributed by atoms with Gasteiger partial charge in [-0.25, -0.2) is 0 Å². The molecule has 0 heterocycles. The molecule has 10 nitrogen and oxygen atoms in total. The van der Waals surface area contributed by atoms with Gasteiger partial charge in [0, 0.05) is 21.1 Å². The van der Waals surface area contributed by atoms with Gasteiger partial charge >= 0.3 is 207 Å². The van der Waals surface area contributed by atoms with Crippen LogP contribution >= 0.6 is 0 Å². The van der Waals surface area contributed by atoms with Crippen molar-refractivity contribution in [3.05, 3.63) is 52.6 Å². The molecule has 0 amide bonds. The monoisotopic (exact) mass is 741 g/mol. The zero-order valence-corrected chi connectivity index (χ0v) is 32.8. The molecule has 0 spiro atoms. The third-order valence-electron chi connectivity index (χ3n) is 0. The molecule has 0 bridgehead atoms. The minimum absolute atomic E-state index is 0. The molecule has 102 valence electrons. The van der Waals surface area contributed by atoms with Crippen molar-refractivity contribution in [2.24, 2.45) is 0 Å². The summed E-state index contributed by atoms with van der Waals surface area (Å²) < 4.78 is 0. The van der Waals surface area contributed by atoms with Gasteiger partial charge in [-0.15, -0.1) is 0 Å². The van der Waals surface area contributed by atoms with Crippen LogP contribution in [0.2, 0.25) is 0 Å². The van der Waals surface area contributed by atoms with E-state index >= 15 is 0 Å². The third-order valence-corrected chi connectivity index (χ3v) is 0. The third kappa shape index (κ3) is 1480. The smallest absolute Gasteiger partial charge is 0.512 e. The van der Waals surface area contributed by atoms with Gasteiger partial charge in [0.25, 0.3) is 0 Å². The predicted octanol–water partition coefficient (Wildman–Crippen LogP) is -9.87. The van der Waals surface area contributed by atoms with E-state index < -0.39 is 0 Å². The molecule has 0 aliphatic carbocycles. The normalized spacial score (nSPS) is 0.727. The second kappa shape index (κ2) is 1690. The van der Waals surface area contributed by atoms with Crippen LogP contribution in [0.25, 0.3) is 0 Å². The number of rotatable bonds is 0. The summed E-state index contributed by atoms with van der Waals surface area (Å²) in [7, 11) is 0. The maximum absolute atomic E-state index is 6.25. The van der Waals surface area contributed by atoms with Crippen molar-refractivity contribution in [1.29, 1.82) is 42.1 Å². The van der Waals surface area contributed by atoms with Crippen molar-refractivity contribution in [1.82, 2.24) is 0 Å². The van der Waals surface area contributed by atoms with E-state index in [2.05, 4.69) is 0 Å². The van der Waals surface area contributed by atoms with Crippen LogP contribution < -0.4 is 207 Å². The second-order valence-electron chi connectivity index (χ2n) is 0. The topological polar surface area (TPSA) is 253 Å². The van der Waals surface area contributed by atoms with Crippen molar-refractivity contribution in [2.75, 3.05) is 0 Å². The molecule has 22 heavy (non-hydrogen) atoms. The maximum Gasteiger partial charge on any atom is 1.00 e. The molecular formula is C8H4Cs3MoN8O2-5. The van der Waals surface area contributed by atoms with E-state index in [1.807, 2.05) is 0 Å². The van der Waals surface area contributed by atoms with Crippen LogP contribution in [0.15, 0.2) is 0 Å². The Morgan fingerprint density at radius 2 is 0.273 bits per heavy atom. The van der Waals surface area contributed by atoms with E-state index in [-0.39, 0.29) is 239 Å². The minimum Gasteiger partial charge on any atom is -0.512 e. The maximum atomic E-state index is 6.25. The summed E-state index contributed by atoms with van der Waals surface area (Å²) in [4.78, 5) is 0. The Balaban J connectivity index is -0.00000000267. The zero-order chi connectivity index (χ0) is 16.0. The van der Waals surface area contributed by atoms with Gasteiger partial charge in [-0.05, 0) is 0 Å². The van der Waals surface area contributed by atoms with Crippen molar-refractivity contribution < 1.29 is 239 Å². The van der Waals surface area contributed by atoms with Gasteiger partial charge < -0.3 is 106 Å². The molecule has 0 rings (SSSR count). The molecule has 0 unspecified atom stereocenters. The van der Waals surface area contributed by atoms with Crippen LogP contribution in [0.3, 0.4) is 0 Å². The van der Waals surface area contributed by atoms with Crippen molar-refractivity contribution >= 4 is 0 Å². The summed E-state index contributed by atoms with van der Waals surface area (Å²) >= 11 is 0. The molecule has 0 saturated heterocycles. The van der Waals surface area contributed by atoms with Gasteiger partial charge in [-0.3, -0.25) is 0 Å². The molecule has 4 N–H and O–H groups in total. The van der Waals surface area contributed by atoms with Gasteiger partial charge in [0.1, 0.15) is 0 Å². The van der Waals surface area contributed by atoms with E-state index in [0.717, 1.165) is 0 Å². The first-order chi connectivity index (χ1) is 8.00. The molecule has 14 heteroatoms. The molecule has 0 saturated carbocycles. The molecule has 0 aromatic carbocycles. The summed E-state index contributed by atoms with van der Waals surface area (Å²) in [6.07, 6.45) is 0. The quantitative estimate of drug-likeness (QED) is 0.170. The molecule has 0 aliphatic heterocycles. The summed E-state index contributed by atoms with van der Waals surface area (Å²) in [5, 5.41) is 50.0. The summed E-state index contributed by atoms with van der Waals surface area (Å²) in [6.45, 7) is 38.0. The molecule has 0 radical (unpaired) electrons. The van der Waals surface area contributed by atoms with Crippen molar-refractivity contribution in [2.45, 2.75) is 0 Å². The van der Waals surface area contributed by atoms with Gasteiger partial charge in [-0.1, -0.05) is 0 Å². The standard InChI is InChI=1S/8CN.3Cs.Mo.2H2O/c8*1-2;;;;;;/h;;;;;;;;;;;;2*1H2/q8*-1;3*+1;;;. The van der Waals surface area contributed by atoms with Gasteiger partial charge in [-0.2, -0.15) is 0 Å². The van der Waals surface area contributed by atoms with Crippen LogP contribution in [0.5, 0.6) is 0 Å². The second-order valence-corrected chi connectivity index (χ2v) is 0. The molecule has 0 aliphatic rings. The Kier molecular flexibility index (Phi) is 9330. The van der Waals surface area contributed by atoms with Crippen LogP contribution in [0.4, 0.5) is 0 Å². The van der Waals surface area contributed by atoms with Crippen molar-refractivity contribution in [3.8, 4) is 0 Å². The Labute approximate surface area is 323 Å². The van der Waals surface area contributed by atoms with Crippen LogP contribution in [0.1, 0.15) is 0 Å². The first-order valence-electron chi connectivity index (χ1n) is 1.79. The van der Waals surface area contributed by atoms with Crippen LogP contribution in [-0.4, -0.2) is 11.0 Å². The largest absolute Gasteiger partial charge is 1.00 e. The minimum atomic E-state index is 0. The average molecular weight is 739 g/mol. The zero-order valence-electron chi connectivity index (χ0n) is 12.0. The Morgan fingerprint density at radius 3 is 0.273 bits per heavy atom. The van der Waals surface area contributed by atoms with Crippen LogP contribution in [-0.2, 0) is 21.1 Å². The van der Waals surface area contributed by atoms with Gasteiger partial charge in [0.15, 0.2) is 0 Å². The number of hydrogen-bond acceptors (Lipinski definition) is 8. The van der Waals surface area contributed by atoms with E-state index in [4.69, 9.17) is 94.7 Å². The predicted molar refractivity (Wildman–Crippen MR) is 47.0 cm³/mol. The molecule has 0 aromatic heterocycles. The van der Waals surface area contributed by atoms with E-state index in [1.165, 1.54) is 0 Å². The van der Waals surface area contributed by atoms with Crippen LogP contribution in [0, 0.1) is 94.7 Å². The molecule has 0 fully saturated rings. The Hall–Kier alpha value is 2.68. The van der Waals surface area contributed by atoms with E-state index in [1.54, 1.807) is 0 Å². The Bertz CT molecular complexity index is 153.